The molecular formula is C33H54O2. The monoisotopic (exact) mass is 482 g/mol. The van der Waals surface area contributed by atoms with Gasteiger partial charge in [0.1, 0.15) is 6.10 Å². The van der Waals surface area contributed by atoms with Crippen LogP contribution in [-0.2, 0) is 9.53 Å². The molecule has 35 heavy (non-hydrogen) atoms. The van der Waals surface area contributed by atoms with Crippen LogP contribution in [0, 0.1) is 63.1 Å². The van der Waals surface area contributed by atoms with Crippen LogP contribution in [0.15, 0.2) is 12.2 Å². The number of rotatable bonds is 6. The Morgan fingerprint density at radius 3 is 2.34 bits per heavy atom. The summed E-state index contributed by atoms with van der Waals surface area (Å²) in [6.45, 7) is 23.3. The van der Waals surface area contributed by atoms with E-state index in [-0.39, 0.29) is 17.5 Å². The number of allylic oxidation sites excluding steroid dienone is 1. The van der Waals surface area contributed by atoms with Crippen molar-refractivity contribution >= 4 is 5.97 Å². The molecule has 5 aliphatic rings. The van der Waals surface area contributed by atoms with Gasteiger partial charge in [0.05, 0.1) is 0 Å². The normalized spacial score (nSPS) is 48.3. The Morgan fingerprint density at radius 2 is 1.69 bits per heavy atom. The zero-order valence-corrected chi connectivity index (χ0v) is 24.2. The van der Waals surface area contributed by atoms with Gasteiger partial charge in [-0.25, -0.2) is 0 Å². The molecule has 0 aromatic carbocycles. The van der Waals surface area contributed by atoms with E-state index in [1.54, 1.807) is 6.92 Å². The summed E-state index contributed by atoms with van der Waals surface area (Å²) in [4.78, 5) is 11.9. The SMILES string of the molecule is C=C(CC[C@@H](C)[C@H]1CC[C@]2(C)[C@H]1[C@H](C)C[C@@]13C[C@@]14CC[C@H](OC(C)=O)C(C)(C)[C@H]4CC[C@@H]23)C(C)C. The lowest BCUT2D eigenvalue weighted by atomic mass is 9.43. The van der Waals surface area contributed by atoms with Gasteiger partial charge in [0, 0.05) is 12.3 Å². The summed E-state index contributed by atoms with van der Waals surface area (Å²) >= 11 is 0. The van der Waals surface area contributed by atoms with Gasteiger partial charge in [-0.2, -0.15) is 0 Å². The number of hydrogen-bond acceptors (Lipinski definition) is 2. The first-order valence-electron chi connectivity index (χ1n) is 15.1. The van der Waals surface area contributed by atoms with Crippen molar-refractivity contribution in [3.05, 3.63) is 12.2 Å². The zero-order chi connectivity index (χ0) is 25.6. The van der Waals surface area contributed by atoms with E-state index in [1.165, 1.54) is 63.4 Å². The van der Waals surface area contributed by atoms with E-state index < -0.39 is 0 Å². The molecule has 0 radical (unpaired) electrons. The van der Waals surface area contributed by atoms with Gasteiger partial charge in [-0.3, -0.25) is 4.79 Å². The summed E-state index contributed by atoms with van der Waals surface area (Å²) < 4.78 is 5.91. The predicted molar refractivity (Wildman–Crippen MR) is 145 cm³/mol. The average molecular weight is 483 g/mol. The minimum atomic E-state index is -0.0945. The van der Waals surface area contributed by atoms with Crippen molar-refractivity contribution in [2.45, 2.75) is 126 Å². The van der Waals surface area contributed by atoms with Crippen molar-refractivity contribution in [3.63, 3.8) is 0 Å². The minimum absolute atomic E-state index is 0.0945. The van der Waals surface area contributed by atoms with Crippen molar-refractivity contribution in [1.82, 2.24) is 0 Å². The lowest BCUT2D eigenvalue weighted by molar-refractivity contribution is -0.177. The molecule has 0 N–H and O–H groups in total. The van der Waals surface area contributed by atoms with Gasteiger partial charge < -0.3 is 4.74 Å². The number of hydrogen-bond donors (Lipinski definition) is 0. The summed E-state index contributed by atoms with van der Waals surface area (Å²) in [7, 11) is 0. The fraction of sp³-hybridized carbons (Fsp3) is 0.909. The van der Waals surface area contributed by atoms with Gasteiger partial charge >= 0.3 is 5.97 Å². The second-order valence-corrected chi connectivity index (χ2v) is 15.4. The first kappa shape index (κ1) is 25.8. The molecule has 5 aliphatic carbocycles. The fourth-order valence-corrected chi connectivity index (χ4v) is 11.8. The van der Waals surface area contributed by atoms with Crippen molar-refractivity contribution in [2.24, 2.45) is 63.1 Å². The molecule has 0 aromatic heterocycles. The Morgan fingerprint density at radius 1 is 1.00 bits per heavy atom. The molecule has 0 aliphatic heterocycles. The highest BCUT2D eigenvalue weighted by Crippen LogP contribution is 2.88. The summed E-state index contributed by atoms with van der Waals surface area (Å²) in [5.74, 6) is 5.61. The lowest BCUT2D eigenvalue weighted by Gasteiger charge is -2.61. The largest absolute Gasteiger partial charge is 0.462 e. The highest BCUT2D eigenvalue weighted by Gasteiger charge is 2.81. The summed E-state index contributed by atoms with van der Waals surface area (Å²) in [5, 5.41) is 0. The number of carbonyl (C=O) groups excluding carboxylic acids is 1. The van der Waals surface area contributed by atoms with Crippen molar-refractivity contribution in [2.75, 3.05) is 0 Å². The van der Waals surface area contributed by atoms with Gasteiger partial charge in [0.25, 0.3) is 0 Å². The molecule has 2 spiro atoms. The number of fused-ring (bicyclic) bond motifs is 2. The quantitative estimate of drug-likeness (QED) is 0.279. The molecule has 198 valence electrons. The highest BCUT2D eigenvalue weighted by molar-refractivity contribution is 5.66. The van der Waals surface area contributed by atoms with Crippen LogP contribution in [0.25, 0.3) is 0 Å². The molecule has 5 fully saturated rings. The molecule has 0 bridgehead atoms. The molecule has 0 heterocycles. The first-order valence-corrected chi connectivity index (χ1v) is 15.1. The number of esters is 1. The van der Waals surface area contributed by atoms with E-state index >= 15 is 0 Å². The topological polar surface area (TPSA) is 26.3 Å². The summed E-state index contributed by atoms with van der Waals surface area (Å²) in [6, 6.07) is 0. The average Bonchev–Trinajstić information content (AvgIpc) is 3.27. The Kier molecular flexibility index (Phi) is 6.17. The number of ether oxygens (including phenoxy) is 1. The van der Waals surface area contributed by atoms with Crippen LogP contribution < -0.4 is 0 Å². The lowest BCUT2D eigenvalue weighted by Crippen LogP contribution is -2.57. The van der Waals surface area contributed by atoms with Crippen molar-refractivity contribution < 1.29 is 9.53 Å². The van der Waals surface area contributed by atoms with Crippen LogP contribution in [0.2, 0.25) is 0 Å². The Labute approximate surface area is 216 Å². The van der Waals surface area contributed by atoms with Crippen LogP contribution in [0.1, 0.15) is 120 Å². The molecule has 0 saturated heterocycles. The molecule has 5 saturated carbocycles. The van der Waals surface area contributed by atoms with Gasteiger partial charge in [-0.1, -0.05) is 60.6 Å². The van der Waals surface area contributed by atoms with E-state index in [9.17, 15) is 4.79 Å². The molecule has 2 nitrogen and oxygen atoms in total. The Bertz CT molecular complexity index is 870. The van der Waals surface area contributed by atoms with E-state index in [1.807, 2.05) is 0 Å². The molecular weight excluding hydrogens is 428 g/mol. The molecule has 10 atom stereocenters. The standard InChI is InChI=1S/C33H54O2/c1-20(2)21(3)10-11-22(4)25-14-16-31(9)27-13-12-26-30(7,8)28(35-24(6)34)15-17-32(26)19-33(27,32)18-23(5)29(25)31/h20,22-23,25-29H,3,10-19H2,1-2,4-9H3/t22-,23-,25-,26-,27+,28+,29+,31+,32-,33+/m1/s1. The van der Waals surface area contributed by atoms with Gasteiger partial charge in [0.2, 0.25) is 0 Å². The van der Waals surface area contributed by atoms with Gasteiger partial charge in [-0.05, 0) is 122 Å². The molecule has 0 unspecified atom stereocenters. The molecule has 5 rings (SSSR count). The first-order chi connectivity index (χ1) is 16.3. The molecule has 0 aromatic rings. The maximum absolute atomic E-state index is 11.9. The van der Waals surface area contributed by atoms with Crippen LogP contribution in [-0.4, -0.2) is 12.1 Å². The van der Waals surface area contributed by atoms with Gasteiger partial charge in [-0.15, -0.1) is 0 Å². The zero-order valence-electron chi connectivity index (χ0n) is 24.2. The maximum atomic E-state index is 11.9. The maximum Gasteiger partial charge on any atom is 0.302 e. The summed E-state index contributed by atoms with van der Waals surface area (Å²) in [5.41, 5.74) is 3.17. The van der Waals surface area contributed by atoms with Crippen molar-refractivity contribution in [1.29, 1.82) is 0 Å². The van der Waals surface area contributed by atoms with E-state index in [2.05, 4.69) is 55.0 Å². The van der Waals surface area contributed by atoms with E-state index in [4.69, 9.17) is 4.74 Å². The van der Waals surface area contributed by atoms with Crippen molar-refractivity contribution in [3.8, 4) is 0 Å². The Hall–Kier alpha value is -0.790. The smallest absolute Gasteiger partial charge is 0.302 e. The molecule has 2 heteroatoms. The third-order valence-corrected chi connectivity index (χ3v) is 13.3. The second-order valence-electron chi connectivity index (χ2n) is 15.4. The third-order valence-electron chi connectivity index (χ3n) is 13.3. The van der Waals surface area contributed by atoms with Gasteiger partial charge in [0.15, 0.2) is 0 Å². The van der Waals surface area contributed by atoms with Crippen LogP contribution >= 0.6 is 0 Å². The van der Waals surface area contributed by atoms with Crippen LogP contribution in [0.4, 0.5) is 0 Å². The van der Waals surface area contributed by atoms with Crippen LogP contribution in [0.3, 0.4) is 0 Å². The fourth-order valence-electron chi connectivity index (χ4n) is 11.8. The number of carbonyl (C=O) groups is 1. The van der Waals surface area contributed by atoms with E-state index in [0.717, 1.165) is 41.9 Å². The van der Waals surface area contributed by atoms with E-state index in [0.29, 0.717) is 22.2 Å². The predicted octanol–water partition coefficient (Wildman–Crippen LogP) is 8.84. The second kappa shape index (κ2) is 8.36. The summed E-state index contributed by atoms with van der Waals surface area (Å²) in [6.07, 6.45) is 13.6. The van der Waals surface area contributed by atoms with Crippen LogP contribution in [0.5, 0.6) is 0 Å². The third kappa shape index (κ3) is 3.57. The Balaban J connectivity index is 1.37. The molecule has 0 amide bonds. The highest BCUT2D eigenvalue weighted by atomic mass is 16.5. The minimum Gasteiger partial charge on any atom is -0.462 e.